The van der Waals surface area contributed by atoms with Gasteiger partial charge in [-0.15, -0.1) is 0 Å². The van der Waals surface area contributed by atoms with E-state index in [1.54, 1.807) is 6.07 Å². The zero-order chi connectivity index (χ0) is 14.5. The number of hydrogen-bond acceptors (Lipinski definition) is 4. The highest BCUT2D eigenvalue weighted by Crippen LogP contribution is 2.22. The molecule has 0 spiro atoms. The van der Waals surface area contributed by atoms with Gasteiger partial charge in [-0.1, -0.05) is 35.8 Å². The first-order chi connectivity index (χ1) is 9.65. The average Bonchev–Trinajstić information content (AvgIpc) is 2.49. The maximum atomic E-state index is 8.67. The monoisotopic (exact) mass is 297 g/mol. The average molecular weight is 298 g/mol. The van der Waals surface area contributed by atoms with Gasteiger partial charge in [0.15, 0.2) is 5.84 Å². The summed E-state index contributed by atoms with van der Waals surface area (Å²) in [4.78, 5) is 2.38. The summed E-state index contributed by atoms with van der Waals surface area (Å²) in [5.74, 6) is 0.0660. The Morgan fingerprint density at radius 3 is 3.05 bits per heavy atom. The Morgan fingerprint density at radius 2 is 2.40 bits per heavy atom. The predicted molar refractivity (Wildman–Crippen MR) is 79.3 cm³/mol. The molecule has 1 aliphatic rings. The number of nitrogens with zero attached hydrogens (tertiary/aromatic N) is 2. The molecule has 1 aromatic rings. The summed E-state index contributed by atoms with van der Waals surface area (Å²) in [6, 6.07) is 5.91. The molecule has 1 saturated heterocycles. The zero-order valence-corrected chi connectivity index (χ0v) is 12.3. The lowest BCUT2D eigenvalue weighted by Crippen LogP contribution is -2.44. The molecule has 3 N–H and O–H groups in total. The highest BCUT2D eigenvalue weighted by molar-refractivity contribution is 6.31. The Labute approximate surface area is 124 Å². The molecule has 1 aromatic carbocycles. The number of amidine groups is 1. The molecule has 0 amide bonds. The van der Waals surface area contributed by atoms with Crippen molar-refractivity contribution in [1.29, 1.82) is 0 Å². The van der Waals surface area contributed by atoms with Gasteiger partial charge in [0.1, 0.15) is 0 Å². The zero-order valence-electron chi connectivity index (χ0n) is 11.6. The number of morpholine rings is 1. The number of nitrogens with two attached hydrogens (primary N) is 1. The Balaban J connectivity index is 2.13. The van der Waals surface area contributed by atoms with Crippen LogP contribution in [0.15, 0.2) is 23.4 Å². The summed E-state index contributed by atoms with van der Waals surface area (Å²) in [5, 5.41) is 12.3. The first-order valence-corrected chi connectivity index (χ1v) is 7.11. The van der Waals surface area contributed by atoms with E-state index < -0.39 is 0 Å². The van der Waals surface area contributed by atoms with Crippen molar-refractivity contribution < 1.29 is 9.94 Å². The smallest absolute Gasteiger partial charge is 0.170 e. The van der Waals surface area contributed by atoms with Crippen molar-refractivity contribution in [2.75, 3.05) is 19.8 Å². The third-order valence-electron chi connectivity index (χ3n) is 3.65. The van der Waals surface area contributed by atoms with Crippen LogP contribution in [0.4, 0.5) is 0 Å². The summed E-state index contributed by atoms with van der Waals surface area (Å²) in [6.45, 7) is 5.40. The molecule has 5 nitrogen and oxygen atoms in total. The van der Waals surface area contributed by atoms with Gasteiger partial charge >= 0.3 is 0 Å². The van der Waals surface area contributed by atoms with Crippen LogP contribution < -0.4 is 5.73 Å². The molecule has 0 saturated carbocycles. The third-order valence-corrected chi connectivity index (χ3v) is 4.00. The van der Waals surface area contributed by atoms with Gasteiger partial charge in [0, 0.05) is 29.7 Å². The quantitative estimate of drug-likeness (QED) is 0.386. The predicted octanol–water partition coefficient (Wildman–Crippen LogP) is 2.05. The maximum absolute atomic E-state index is 8.67. The lowest BCUT2D eigenvalue weighted by molar-refractivity contribution is -0.0127. The van der Waals surface area contributed by atoms with Crippen molar-refractivity contribution in [2.45, 2.75) is 25.9 Å². The van der Waals surface area contributed by atoms with E-state index in [1.807, 2.05) is 12.1 Å². The fraction of sp³-hybridized carbons (Fsp3) is 0.500. The van der Waals surface area contributed by atoms with E-state index >= 15 is 0 Å². The molecular weight excluding hydrogens is 278 g/mol. The Kier molecular flexibility index (Phi) is 5.23. The normalized spacial score (nSPS) is 21.1. The van der Waals surface area contributed by atoms with E-state index in [0.717, 1.165) is 38.3 Å². The number of ether oxygens (including phenoxy) is 1. The van der Waals surface area contributed by atoms with Crippen LogP contribution >= 0.6 is 11.6 Å². The van der Waals surface area contributed by atoms with Gasteiger partial charge in [-0.3, -0.25) is 4.90 Å². The van der Waals surface area contributed by atoms with Crippen molar-refractivity contribution in [3.05, 3.63) is 34.3 Å². The molecule has 0 bridgehead atoms. The molecule has 6 heteroatoms. The van der Waals surface area contributed by atoms with Gasteiger partial charge in [-0.05, 0) is 18.1 Å². The second-order valence-corrected chi connectivity index (χ2v) is 5.31. The molecule has 1 fully saturated rings. The molecule has 110 valence electrons. The summed E-state index contributed by atoms with van der Waals surface area (Å²) in [7, 11) is 0. The fourth-order valence-corrected chi connectivity index (χ4v) is 2.63. The summed E-state index contributed by atoms with van der Waals surface area (Å²) < 4.78 is 5.50. The van der Waals surface area contributed by atoms with Gasteiger partial charge < -0.3 is 15.7 Å². The Bertz CT molecular complexity index is 493. The lowest BCUT2D eigenvalue weighted by atomic mass is 10.1. The lowest BCUT2D eigenvalue weighted by Gasteiger charge is -2.35. The van der Waals surface area contributed by atoms with Crippen molar-refractivity contribution in [3.8, 4) is 0 Å². The Morgan fingerprint density at radius 1 is 1.60 bits per heavy atom. The molecule has 1 aliphatic heterocycles. The van der Waals surface area contributed by atoms with Gasteiger partial charge in [-0.2, -0.15) is 0 Å². The van der Waals surface area contributed by atoms with Gasteiger partial charge in [-0.25, -0.2) is 0 Å². The molecule has 1 atom stereocenters. The van der Waals surface area contributed by atoms with Crippen LogP contribution in [-0.2, 0) is 11.3 Å². The van der Waals surface area contributed by atoms with E-state index in [0.29, 0.717) is 16.6 Å². The maximum Gasteiger partial charge on any atom is 0.170 e. The first kappa shape index (κ1) is 15.1. The van der Waals surface area contributed by atoms with E-state index in [1.165, 1.54) is 0 Å². The van der Waals surface area contributed by atoms with Crippen molar-refractivity contribution in [1.82, 2.24) is 4.90 Å². The number of oxime groups is 1. The minimum atomic E-state index is 0.0660. The largest absolute Gasteiger partial charge is 0.409 e. The third kappa shape index (κ3) is 3.42. The second kappa shape index (κ2) is 6.92. The van der Waals surface area contributed by atoms with Crippen LogP contribution in [0.3, 0.4) is 0 Å². The topological polar surface area (TPSA) is 71.1 Å². The molecule has 2 rings (SSSR count). The van der Waals surface area contributed by atoms with Crippen molar-refractivity contribution in [3.63, 3.8) is 0 Å². The van der Waals surface area contributed by atoms with Crippen LogP contribution in [0.2, 0.25) is 5.02 Å². The van der Waals surface area contributed by atoms with Crippen LogP contribution in [0.1, 0.15) is 24.5 Å². The molecular formula is C14H20ClN3O2. The van der Waals surface area contributed by atoms with Gasteiger partial charge in [0.05, 0.1) is 13.2 Å². The van der Waals surface area contributed by atoms with E-state index in [-0.39, 0.29) is 5.84 Å². The SMILES string of the molecule is CCC1COCCN1Cc1ccc(/C(N)=N/O)cc1Cl. The summed E-state index contributed by atoms with van der Waals surface area (Å²) in [6.07, 6.45) is 1.06. The summed E-state index contributed by atoms with van der Waals surface area (Å²) >= 11 is 6.29. The minimum absolute atomic E-state index is 0.0660. The standard InChI is InChI=1S/C14H20ClN3O2/c1-2-12-9-20-6-5-18(12)8-11-4-3-10(7-13(11)15)14(16)17-19/h3-4,7,12,19H,2,5-6,8-9H2,1H3,(H2,16,17). The van der Waals surface area contributed by atoms with Crippen molar-refractivity contribution >= 4 is 17.4 Å². The molecule has 0 radical (unpaired) electrons. The number of hydrogen-bond donors (Lipinski definition) is 2. The van der Waals surface area contributed by atoms with E-state index in [4.69, 9.17) is 27.3 Å². The second-order valence-electron chi connectivity index (χ2n) is 4.90. The highest BCUT2D eigenvalue weighted by atomic mass is 35.5. The van der Waals surface area contributed by atoms with E-state index in [2.05, 4.69) is 17.0 Å². The molecule has 20 heavy (non-hydrogen) atoms. The van der Waals surface area contributed by atoms with Crippen LogP contribution in [-0.4, -0.2) is 41.7 Å². The molecule has 0 aromatic heterocycles. The van der Waals surface area contributed by atoms with Gasteiger partial charge in [0.25, 0.3) is 0 Å². The highest BCUT2D eigenvalue weighted by Gasteiger charge is 2.22. The first-order valence-electron chi connectivity index (χ1n) is 6.73. The van der Waals surface area contributed by atoms with Crippen LogP contribution in [0.5, 0.6) is 0 Å². The molecule has 1 unspecified atom stereocenters. The summed E-state index contributed by atoms with van der Waals surface area (Å²) in [5.41, 5.74) is 7.22. The van der Waals surface area contributed by atoms with Crippen molar-refractivity contribution in [2.24, 2.45) is 10.9 Å². The minimum Gasteiger partial charge on any atom is -0.409 e. The van der Waals surface area contributed by atoms with Crippen LogP contribution in [0.25, 0.3) is 0 Å². The van der Waals surface area contributed by atoms with E-state index in [9.17, 15) is 0 Å². The number of halogens is 1. The number of benzene rings is 1. The molecule has 1 heterocycles. The molecule has 0 aliphatic carbocycles. The Hall–Kier alpha value is -1.30. The fourth-order valence-electron chi connectivity index (χ4n) is 2.38. The van der Waals surface area contributed by atoms with Crippen LogP contribution in [0, 0.1) is 0 Å². The van der Waals surface area contributed by atoms with Gasteiger partial charge in [0.2, 0.25) is 0 Å². The number of rotatable bonds is 4.